The van der Waals surface area contributed by atoms with Gasteiger partial charge < -0.3 is 14.9 Å². The third-order valence-corrected chi connectivity index (χ3v) is 3.89. The van der Waals surface area contributed by atoms with Gasteiger partial charge in [-0.1, -0.05) is 0 Å². The van der Waals surface area contributed by atoms with E-state index in [4.69, 9.17) is 11.6 Å². The molecule has 1 aliphatic rings. The van der Waals surface area contributed by atoms with Crippen molar-refractivity contribution in [2.45, 2.75) is 19.3 Å². The highest BCUT2D eigenvalue weighted by Crippen LogP contribution is 2.20. The van der Waals surface area contributed by atoms with E-state index in [0.717, 1.165) is 44.7 Å². The lowest BCUT2D eigenvalue weighted by atomic mass is 10.2. The second kappa shape index (κ2) is 7.39. The van der Waals surface area contributed by atoms with Crippen LogP contribution in [-0.2, 0) is 4.79 Å². The van der Waals surface area contributed by atoms with Gasteiger partial charge in [-0.2, -0.15) is 0 Å². The Hall–Kier alpha value is -1.42. The highest BCUT2D eigenvalue weighted by molar-refractivity contribution is 6.17. The Morgan fingerprint density at radius 2 is 1.75 bits per heavy atom. The zero-order chi connectivity index (χ0) is 14.4. The van der Waals surface area contributed by atoms with Gasteiger partial charge in [-0.05, 0) is 37.1 Å². The van der Waals surface area contributed by atoms with E-state index in [1.54, 1.807) is 12.1 Å². The first-order valence-corrected chi connectivity index (χ1v) is 7.62. The number of amides is 1. The molecule has 1 aromatic rings. The van der Waals surface area contributed by atoms with Crippen molar-refractivity contribution < 1.29 is 9.90 Å². The summed E-state index contributed by atoms with van der Waals surface area (Å²) < 4.78 is 0. The molecule has 2 rings (SSSR count). The quantitative estimate of drug-likeness (QED) is 0.670. The van der Waals surface area contributed by atoms with Crippen molar-refractivity contribution in [2.24, 2.45) is 0 Å². The van der Waals surface area contributed by atoms with Gasteiger partial charge in [0.05, 0.1) is 0 Å². The second-order valence-electron chi connectivity index (χ2n) is 5.03. The third-order valence-electron chi connectivity index (χ3n) is 3.62. The number of hydrogen-bond donors (Lipinski definition) is 1. The number of carbonyl (C=O) groups excluding carboxylic acids is 1. The SMILES string of the molecule is O=C(CCCCCl)N1CCN(c2ccc(O)cc2)CC1. The third kappa shape index (κ3) is 4.04. The summed E-state index contributed by atoms with van der Waals surface area (Å²) in [5, 5.41) is 9.29. The number of phenolic OH excluding ortho intramolecular Hbond substituents is 1. The largest absolute Gasteiger partial charge is 0.508 e. The Bertz CT molecular complexity index is 428. The number of piperazine rings is 1. The van der Waals surface area contributed by atoms with Gasteiger partial charge >= 0.3 is 0 Å². The van der Waals surface area contributed by atoms with Crippen molar-refractivity contribution in [1.82, 2.24) is 4.90 Å². The minimum atomic E-state index is 0.237. The average molecular weight is 297 g/mol. The van der Waals surface area contributed by atoms with Crippen LogP contribution in [0.5, 0.6) is 5.75 Å². The first-order chi connectivity index (χ1) is 9.70. The monoisotopic (exact) mass is 296 g/mol. The van der Waals surface area contributed by atoms with E-state index < -0.39 is 0 Å². The summed E-state index contributed by atoms with van der Waals surface area (Å²) in [6, 6.07) is 7.21. The predicted octanol–water partition coefficient (Wildman–Crippen LogP) is 2.45. The van der Waals surface area contributed by atoms with Crippen molar-refractivity contribution in [1.29, 1.82) is 0 Å². The van der Waals surface area contributed by atoms with Crippen LogP contribution in [0.1, 0.15) is 19.3 Å². The molecule has 0 atom stereocenters. The van der Waals surface area contributed by atoms with Crippen molar-refractivity contribution in [3.05, 3.63) is 24.3 Å². The topological polar surface area (TPSA) is 43.8 Å². The van der Waals surface area contributed by atoms with Crippen LogP contribution >= 0.6 is 11.6 Å². The Morgan fingerprint density at radius 1 is 1.10 bits per heavy atom. The van der Waals surface area contributed by atoms with E-state index in [1.165, 1.54) is 0 Å². The minimum absolute atomic E-state index is 0.237. The minimum Gasteiger partial charge on any atom is -0.508 e. The number of rotatable bonds is 5. The van der Waals surface area contributed by atoms with Gasteiger partial charge in [0.15, 0.2) is 0 Å². The number of anilines is 1. The van der Waals surface area contributed by atoms with E-state index in [-0.39, 0.29) is 11.7 Å². The molecule has 0 radical (unpaired) electrons. The van der Waals surface area contributed by atoms with Crippen molar-refractivity contribution >= 4 is 23.2 Å². The summed E-state index contributed by atoms with van der Waals surface area (Å²) in [5.41, 5.74) is 1.09. The first kappa shape index (κ1) is 15.0. The highest BCUT2D eigenvalue weighted by Gasteiger charge is 2.20. The van der Waals surface area contributed by atoms with Crippen LogP contribution in [0.4, 0.5) is 5.69 Å². The molecule has 1 heterocycles. The maximum absolute atomic E-state index is 12.0. The molecule has 0 saturated carbocycles. The van der Waals surface area contributed by atoms with Gasteiger partial charge in [-0.3, -0.25) is 4.79 Å². The summed E-state index contributed by atoms with van der Waals surface area (Å²) in [4.78, 5) is 16.2. The number of carbonyl (C=O) groups is 1. The molecule has 1 fully saturated rings. The zero-order valence-electron chi connectivity index (χ0n) is 11.6. The zero-order valence-corrected chi connectivity index (χ0v) is 12.4. The van der Waals surface area contributed by atoms with Crippen LogP contribution in [-0.4, -0.2) is 48.0 Å². The molecular formula is C15H21ClN2O2. The van der Waals surface area contributed by atoms with E-state index in [0.29, 0.717) is 12.3 Å². The number of hydrogen-bond acceptors (Lipinski definition) is 3. The molecule has 0 unspecified atom stereocenters. The van der Waals surface area contributed by atoms with Crippen LogP contribution in [0, 0.1) is 0 Å². The lowest BCUT2D eigenvalue weighted by molar-refractivity contribution is -0.131. The molecule has 1 amide bonds. The fraction of sp³-hybridized carbons (Fsp3) is 0.533. The lowest BCUT2D eigenvalue weighted by Crippen LogP contribution is -2.48. The summed E-state index contributed by atoms with van der Waals surface area (Å²) in [6.07, 6.45) is 2.38. The van der Waals surface area contributed by atoms with Crippen molar-refractivity contribution in [3.8, 4) is 5.75 Å². The molecule has 0 aliphatic carbocycles. The molecule has 110 valence electrons. The summed E-state index contributed by atoms with van der Waals surface area (Å²) in [6.45, 7) is 3.21. The van der Waals surface area contributed by atoms with Crippen LogP contribution in [0.2, 0.25) is 0 Å². The Balaban J connectivity index is 1.80. The van der Waals surface area contributed by atoms with Crippen LogP contribution in [0.3, 0.4) is 0 Å². The molecule has 1 saturated heterocycles. The van der Waals surface area contributed by atoms with Gasteiger partial charge in [-0.15, -0.1) is 11.6 Å². The molecule has 1 aromatic carbocycles. The molecule has 1 aliphatic heterocycles. The molecule has 5 heteroatoms. The second-order valence-corrected chi connectivity index (χ2v) is 5.41. The van der Waals surface area contributed by atoms with E-state index in [1.807, 2.05) is 17.0 Å². The van der Waals surface area contributed by atoms with Gasteiger partial charge in [0.1, 0.15) is 5.75 Å². The number of aromatic hydroxyl groups is 1. The van der Waals surface area contributed by atoms with Crippen LogP contribution in [0.15, 0.2) is 24.3 Å². The van der Waals surface area contributed by atoms with E-state index in [9.17, 15) is 9.90 Å². The number of phenols is 1. The lowest BCUT2D eigenvalue weighted by Gasteiger charge is -2.36. The van der Waals surface area contributed by atoms with Crippen LogP contribution < -0.4 is 4.90 Å². The van der Waals surface area contributed by atoms with Crippen molar-refractivity contribution in [3.63, 3.8) is 0 Å². The number of unbranched alkanes of at least 4 members (excludes halogenated alkanes) is 1. The van der Waals surface area contributed by atoms with Gasteiger partial charge in [-0.25, -0.2) is 0 Å². The maximum atomic E-state index is 12.0. The Labute approximate surface area is 124 Å². The van der Waals surface area contributed by atoms with Gasteiger partial charge in [0, 0.05) is 44.2 Å². The maximum Gasteiger partial charge on any atom is 0.222 e. The molecule has 20 heavy (non-hydrogen) atoms. The summed E-state index contributed by atoms with van der Waals surface area (Å²) in [5.74, 6) is 1.14. The Kier molecular flexibility index (Phi) is 5.53. The van der Waals surface area contributed by atoms with Gasteiger partial charge in [0.25, 0.3) is 0 Å². The van der Waals surface area contributed by atoms with E-state index >= 15 is 0 Å². The number of benzene rings is 1. The fourth-order valence-corrected chi connectivity index (χ4v) is 2.60. The van der Waals surface area contributed by atoms with E-state index in [2.05, 4.69) is 4.90 Å². The molecule has 1 N–H and O–H groups in total. The molecule has 0 spiro atoms. The standard InChI is InChI=1S/C15H21ClN2O2/c16-8-2-1-3-15(20)18-11-9-17(10-12-18)13-4-6-14(19)7-5-13/h4-7,19H,1-3,8-12H2. The predicted molar refractivity (Wildman–Crippen MR) is 81.5 cm³/mol. The Morgan fingerprint density at radius 3 is 2.35 bits per heavy atom. The number of alkyl halides is 1. The normalized spacial score (nSPS) is 15.4. The molecular weight excluding hydrogens is 276 g/mol. The van der Waals surface area contributed by atoms with Crippen LogP contribution in [0.25, 0.3) is 0 Å². The highest BCUT2D eigenvalue weighted by atomic mass is 35.5. The molecule has 0 aromatic heterocycles. The van der Waals surface area contributed by atoms with Crippen molar-refractivity contribution in [2.75, 3.05) is 37.0 Å². The molecule has 4 nitrogen and oxygen atoms in total. The average Bonchev–Trinajstić information content (AvgIpc) is 2.48. The summed E-state index contributed by atoms with van der Waals surface area (Å²) >= 11 is 5.62. The summed E-state index contributed by atoms with van der Waals surface area (Å²) in [7, 11) is 0. The van der Waals surface area contributed by atoms with Gasteiger partial charge in [0.2, 0.25) is 5.91 Å². The first-order valence-electron chi connectivity index (χ1n) is 7.08. The smallest absolute Gasteiger partial charge is 0.222 e. The number of nitrogens with zero attached hydrogens (tertiary/aromatic N) is 2. The number of halogens is 1. The fourth-order valence-electron chi connectivity index (χ4n) is 2.41. The molecule has 0 bridgehead atoms.